The fourth-order valence-electron chi connectivity index (χ4n) is 2.15. The van der Waals surface area contributed by atoms with Crippen molar-refractivity contribution in [3.05, 3.63) is 53.8 Å². The molecule has 0 bridgehead atoms. The number of benzene rings is 2. The highest BCUT2D eigenvalue weighted by Gasteiger charge is 2.08. The van der Waals surface area contributed by atoms with Crippen molar-refractivity contribution in [2.45, 2.75) is 26.2 Å². The van der Waals surface area contributed by atoms with Gasteiger partial charge in [-0.2, -0.15) is 0 Å². The fourth-order valence-corrected chi connectivity index (χ4v) is 2.15. The molecule has 0 saturated heterocycles. The smallest absolute Gasteiger partial charge is 0.335 e. The molecule has 0 aromatic heterocycles. The summed E-state index contributed by atoms with van der Waals surface area (Å²) < 4.78 is 19.7. The summed E-state index contributed by atoms with van der Waals surface area (Å²) in [6, 6.07) is 10.9. The van der Waals surface area contributed by atoms with Crippen molar-refractivity contribution < 1.29 is 19.0 Å². The molecule has 2 aromatic rings. The zero-order chi connectivity index (χ0) is 15.9. The van der Waals surface area contributed by atoms with Gasteiger partial charge in [0.15, 0.2) is 0 Å². The molecule has 2 rings (SSSR count). The topological polar surface area (TPSA) is 46.5 Å². The molecule has 0 aliphatic rings. The van der Waals surface area contributed by atoms with Gasteiger partial charge in [0.1, 0.15) is 11.6 Å². The second-order valence-corrected chi connectivity index (χ2v) is 5.08. The Hall–Kier alpha value is -2.36. The van der Waals surface area contributed by atoms with Gasteiger partial charge in [-0.1, -0.05) is 31.9 Å². The van der Waals surface area contributed by atoms with E-state index in [9.17, 15) is 9.18 Å². The van der Waals surface area contributed by atoms with E-state index in [0.29, 0.717) is 23.5 Å². The molecular weight excluding hydrogens is 283 g/mol. The number of carboxylic acids is 1. The first-order valence-corrected chi connectivity index (χ1v) is 7.38. The van der Waals surface area contributed by atoms with Crippen LogP contribution in [0.25, 0.3) is 11.1 Å². The Morgan fingerprint density at radius 3 is 2.45 bits per heavy atom. The molecule has 2 aromatic carbocycles. The van der Waals surface area contributed by atoms with Crippen LogP contribution in [0, 0.1) is 5.82 Å². The van der Waals surface area contributed by atoms with Gasteiger partial charge in [0.2, 0.25) is 0 Å². The summed E-state index contributed by atoms with van der Waals surface area (Å²) in [6.07, 6.45) is 3.16. The predicted octanol–water partition coefficient (Wildman–Crippen LogP) is 4.76. The van der Waals surface area contributed by atoms with E-state index < -0.39 is 5.97 Å². The molecule has 0 aliphatic carbocycles. The van der Waals surface area contributed by atoms with Crippen LogP contribution >= 0.6 is 0 Å². The summed E-state index contributed by atoms with van der Waals surface area (Å²) in [6.45, 7) is 2.70. The van der Waals surface area contributed by atoms with Gasteiger partial charge in [-0.15, -0.1) is 0 Å². The van der Waals surface area contributed by atoms with Crippen molar-refractivity contribution in [1.82, 2.24) is 0 Å². The van der Waals surface area contributed by atoms with E-state index in [1.54, 1.807) is 24.3 Å². The van der Waals surface area contributed by atoms with Gasteiger partial charge in [-0.3, -0.25) is 0 Å². The highest BCUT2D eigenvalue weighted by Crippen LogP contribution is 2.26. The SMILES string of the molecule is CCCCCOc1ccc(-c2ccc(C(=O)O)cc2)c(F)c1. The first kappa shape index (κ1) is 16.0. The molecule has 0 unspecified atom stereocenters. The van der Waals surface area contributed by atoms with Crippen molar-refractivity contribution in [3.8, 4) is 16.9 Å². The number of unbranched alkanes of at least 4 members (excludes halogenated alkanes) is 2. The molecule has 4 heteroatoms. The van der Waals surface area contributed by atoms with Gasteiger partial charge < -0.3 is 9.84 Å². The van der Waals surface area contributed by atoms with Crippen LogP contribution in [-0.4, -0.2) is 17.7 Å². The standard InChI is InChI=1S/C18H19FO3/c1-2-3-4-11-22-15-9-10-16(17(19)12-15)13-5-7-14(8-6-13)18(20)21/h5-10,12H,2-4,11H2,1H3,(H,20,21). The van der Waals surface area contributed by atoms with E-state index in [1.165, 1.54) is 18.2 Å². The number of halogens is 1. The largest absolute Gasteiger partial charge is 0.493 e. The molecule has 0 radical (unpaired) electrons. The summed E-state index contributed by atoms with van der Waals surface area (Å²) in [5.74, 6) is -0.863. The minimum atomic E-state index is -0.997. The van der Waals surface area contributed by atoms with Crippen LogP contribution in [0.1, 0.15) is 36.5 Å². The average molecular weight is 302 g/mol. The van der Waals surface area contributed by atoms with Crippen molar-refractivity contribution >= 4 is 5.97 Å². The number of ether oxygens (including phenoxy) is 1. The Bertz CT molecular complexity index is 635. The predicted molar refractivity (Wildman–Crippen MR) is 83.8 cm³/mol. The Morgan fingerprint density at radius 2 is 1.86 bits per heavy atom. The van der Waals surface area contributed by atoms with Crippen molar-refractivity contribution in [2.75, 3.05) is 6.61 Å². The Kier molecular flexibility index (Phi) is 5.53. The summed E-state index contributed by atoms with van der Waals surface area (Å²) in [4.78, 5) is 10.8. The van der Waals surface area contributed by atoms with Gasteiger partial charge in [0, 0.05) is 11.6 Å². The van der Waals surface area contributed by atoms with E-state index >= 15 is 0 Å². The number of carbonyl (C=O) groups is 1. The molecule has 0 atom stereocenters. The fraction of sp³-hybridized carbons (Fsp3) is 0.278. The monoisotopic (exact) mass is 302 g/mol. The Morgan fingerprint density at radius 1 is 1.14 bits per heavy atom. The van der Waals surface area contributed by atoms with Crippen LogP contribution in [0.4, 0.5) is 4.39 Å². The van der Waals surface area contributed by atoms with Crippen LogP contribution in [0.3, 0.4) is 0 Å². The molecular formula is C18H19FO3. The van der Waals surface area contributed by atoms with Gasteiger partial charge in [-0.05, 0) is 36.2 Å². The molecule has 0 heterocycles. The first-order chi connectivity index (χ1) is 10.6. The minimum Gasteiger partial charge on any atom is -0.493 e. The van der Waals surface area contributed by atoms with E-state index in [0.717, 1.165) is 19.3 Å². The molecule has 3 nitrogen and oxygen atoms in total. The molecule has 0 saturated carbocycles. The lowest BCUT2D eigenvalue weighted by Gasteiger charge is -2.09. The summed E-state index contributed by atoms with van der Waals surface area (Å²) in [5.41, 5.74) is 1.25. The van der Waals surface area contributed by atoms with Gasteiger partial charge in [-0.25, -0.2) is 9.18 Å². The third-order valence-corrected chi connectivity index (χ3v) is 3.40. The number of hydrogen-bond acceptors (Lipinski definition) is 2. The Labute approximate surface area is 129 Å². The summed E-state index contributed by atoms with van der Waals surface area (Å²) >= 11 is 0. The molecule has 1 N–H and O–H groups in total. The van der Waals surface area contributed by atoms with Crippen molar-refractivity contribution in [1.29, 1.82) is 0 Å². The van der Waals surface area contributed by atoms with Crippen molar-refractivity contribution in [2.24, 2.45) is 0 Å². The lowest BCUT2D eigenvalue weighted by Crippen LogP contribution is -1.98. The number of rotatable bonds is 7. The van der Waals surface area contributed by atoms with Crippen LogP contribution < -0.4 is 4.74 Å². The van der Waals surface area contributed by atoms with Crippen LogP contribution in [0.2, 0.25) is 0 Å². The maximum atomic E-state index is 14.2. The second kappa shape index (κ2) is 7.59. The van der Waals surface area contributed by atoms with Crippen LogP contribution in [0.5, 0.6) is 5.75 Å². The van der Waals surface area contributed by atoms with E-state index in [2.05, 4.69) is 6.92 Å². The maximum Gasteiger partial charge on any atom is 0.335 e. The highest BCUT2D eigenvalue weighted by atomic mass is 19.1. The zero-order valence-corrected chi connectivity index (χ0v) is 12.5. The van der Waals surface area contributed by atoms with E-state index in [-0.39, 0.29) is 11.4 Å². The quantitative estimate of drug-likeness (QED) is 0.750. The minimum absolute atomic E-state index is 0.181. The van der Waals surface area contributed by atoms with Gasteiger partial charge in [0.25, 0.3) is 0 Å². The molecule has 22 heavy (non-hydrogen) atoms. The number of carboxylic acid groups (broad SMARTS) is 1. The molecule has 0 amide bonds. The average Bonchev–Trinajstić information content (AvgIpc) is 2.52. The molecule has 0 fully saturated rings. The highest BCUT2D eigenvalue weighted by molar-refractivity contribution is 5.88. The van der Waals surface area contributed by atoms with Crippen molar-refractivity contribution in [3.63, 3.8) is 0 Å². The number of hydrogen-bond donors (Lipinski definition) is 1. The Balaban J connectivity index is 2.10. The van der Waals surface area contributed by atoms with E-state index in [1.807, 2.05) is 0 Å². The molecule has 0 aliphatic heterocycles. The lowest BCUT2D eigenvalue weighted by atomic mass is 10.0. The first-order valence-electron chi connectivity index (χ1n) is 7.38. The normalized spacial score (nSPS) is 10.5. The number of aromatic carboxylic acids is 1. The zero-order valence-electron chi connectivity index (χ0n) is 12.5. The third-order valence-electron chi connectivity index (χ3n) is 3.40. The summed E-state index contributed by atoms with van der Waals surface area (Å²) in [7, 11) is 0. The van der Waals surface area contributed by atoms with Gasteiger partial charge >= 0.3 is 5.97 Å². The van der Waals surface area contributed by atoms with E-state index in [4.69, 9.17) is 9.84 Å². The molecule has 116 valence electrons. The summed E-state index contributed by atoms with van der Waals surface area (Å²) in [5, 5.41) is 8.87. The van der Waals surface area contributed by atoms with Gasteiger partial charge in [0.05, 0.1) is 12.2 Å². The second-order valence-electron chi connectivity index (χ2n) is 5.08. The maximum absolute atomic E-state index is 14.2. The van der Waals surface area contributed by atoms with Crippen LogP contribution in [0.15, 0.2) is 42.5 Å². The third kappa shape index (κ3) is 4.07. The van der Waals surface area contributed by atoms with Crippen LogP contribution in [-0.2, 0) is 0 Å². The molecule has 0 spiro atoms. The lowest BCUT2D eigenvalue weighted by molar-refractivity contribution is 0.0697.